The highest BCUT2D eigenvalue weighted by Crippen LogP contribution is 2.19. The molecule has 0 bridgehead atoms. The molecule has 0 aromatic heterocycles. The zero-order valence-corrected chi connectivity index (χ0v) is 9.94. The molecule has 1 aliphatic rings. The van der Waals surface area contributed by atoms with E-state index >= 15 is 0 Å². The average molecular weight is 234 g/mol. The minimum atomic E-state index is -0.534. The van der Waals surface area contributed by atoms with Crippen LogP contribution in [0.1, 0.15) is 6.92 Å². The molecule has 1 heterocycles. The number of primary amides is 1. The van der Waals surface area contributed by atoms with Gasteiger partial charge in [0.15, 0.2) is 0 Å². The fourth-order valence-corrected chi connectivity index (χ4v) is 2.06. The van der Waals surface area contributed by atoms with E-state index in [1.54, 1.807) is 0 Å². The summed E-state index contributed by atoms with van der Waals surface area (Å²) in [5.74, 6) is 0. The van der Waals surface area contributed by atoms with Gasteiger partial charge in [-0.05, 0) is 31.2 Å². The van der Waals surface area contributed by atoms with Crippen molar-refractivity contribution in [3.63, 3.8) is 0 Å². The molecule has 1 aromatic carbocycles. The third kappa shape index (κ3) is 3.10. The Morgan fingerprint density at radius 2 is 2.18 bits per heavy atom. The molecular formula is C12H18N4O. The number of piperazine rings is 1. The first kappa shape index (κ1) is 11.7. The van der Waals surface area contributed by atoms with Crippen molar-refractivity contribution in [3.05, 3.63) is 24.3 Å². The van der Waals surface area contributed by atoms with E-state index in [-0.39, 0.29) is 0 Å². The molecule has 92 valence electrons. The summed E-state index contributed by atoms with van der Waals surface area (Å²) >= 11 is 0. The number of amides is 2. The van der Waals surface area contributed by atoms with Gasteiger partial charge in [0.2, 0.25) is 0 Å². The fourth-order valence-electron chi connectivity index (χ4n) is 2.06. The minimum Gasteiger partial charge on any atom is -0.369 e. The van der Waals surface area contributed by atoms with Gasteiger partial charge in [-0.2, -0.15) is 0 Å². The van der Waals surface area contributed by atoms with Crippen LogP contribution in [-0.2, 0) is 0 Å². The van der Waals surface area contributed by atoms with Crippen LogP contribution >= 0.6 is 0 Å². The standard InChI is InChI=1S/C12H18N4O/c1-9-8-16(7-6-14-9)11-4-2-10(3-5-11)15-12(13)17/h2-5,9,14H,6-8H2,1H3,(H3,13,15,17)/t9-/m1/s1. The number of rotatable bonds is 2. The van der Waals surface area contributed by atoms with Gasteiger partial charge in [0.05, 0.1) is 0 Å². The monoisotopic (exact) mass is 234 g/mol. The second kappa shape index (κ2) is 5.05. The fraction of sp³-hybridized carbons (Fsp3) is 0.417. The van der Waals surface area contributed by atoms with E-state index in [1.165, 1.54) is 5.69 Å². The summed E-state index contributed by atoms with van der Waals surface area (Å²) in [6.45, 7) is 5.19. The molecule has 1 aliphatic heterocycles. The SMILES string of the molecule is C[C@@H]1CN(c2ccc(NC(N)=O)cc2)CCN1. The van der Waals surface area contributed by atoms with E-state index in [0.717, 1.165) is 25.3 Å². The van der Waals surface area contributed by atoms with Crippen LogP contribution in [0.15, 0.2) is 24.3 Å². The van der Waals surface area contributed by atoms with Crippen molar-refractivity contribution in [2.45, 2.75) is 13.0 Å². The Bertz CT molecular complexity index is 390. The summed E-state index contributed by atoms with van der Waals surface area (Å²) in [4.78, 5) is 13.0. The first-order valence-electron chi connectivity index (χ1n) is 5.80. The van der Waals surface area contributed by atoms with Crippen LogP contribution in [0.4, 0.5) is 16.2 Å². The highest BCUT2D eigenvalue weighted by atomic mass is 16.2. The molecule has 0 saturated carbocycles. The van der Waals surface area contributed by atoms with Gasteiger partial charge < -0.3 is 21.3 Å². The molecule has 2 amide bonds. The molecule has 0 radical (unpaired) electrons. The molecule has 5 nitrogen and oxygen atoms in total. The summed E-state index contributed by atoms with van der Waals surface area (Å²) in [6, 6.07) is 7.72. The van der Waals surface area contributed by atoms with Crippen LogP contribution in [0.2, 0.25) is 0 Å². The van der Waals surface area contributed by atoms with Crippen LogP contribution in [0.25, 0.3) is 0 Å². The summed E-state index contributed by atoms with van der Waals surface area (Å²) < 4.78 is 0. The number of nitrogens with zero attached hydrogens (tertiary/aromatic N) is 1. The number of anilines is 2. The second-order valence-electron chi connectivity index (χ2n) is 4.34. The molecule has 4 N–H and O–H groups in total. The lowest BCUT2D eigenvalue weighted by atomic mass is 10.2. The van der Waals surface area contributed by atoms with Crippen LogP contribution < -0.4 is 21.3 Å². The topological polar surface area (TPSA) is 70.4 Å². The Hall–Kier alpha value is -1.75. The van der Waals surface area contributed by atoms with Gasteiger partial charge in [0.1, 0.15) is 0 Å². The van der Waals surface area contributed by atoms with Crippen molar-refractivity contribution in [3.8, 4) is 0 Å². The molecule has 1 atom stereocenters. The van der Waals surface area contributed by atoms with Crippen molar-refractivity contribution in [1.29, 1.82) is 0 Å². The van der Waals surface area contributed by atoms with E-state index in [2.05, 4.69) is 22.5 Å². The lowest BCUT2D eigenvalue weighted by Gasteiger charge is -2.33. The molecule has 0 aliphatic carbocycles. The normalized spacial score (nSPS) is 20.1. The number of nitrogens with two attached hydrogens (primary N) is 1. The predicted molar refractivity (Wildman–Crippen MR) is 69.3 cm³/mol. The van der Waals surface area contributed by atoms with E-state index < -0.39 is 6.03 Å². The zero-order valence-electron chi connectivity index (χ0n) is 9.94. The number of urea groups is 1. The Morgan fingerprint density at radius 3 is 2.76 bits per heavy atom. The minimum absolute atomic E-state index is 0.507. The van der Waals surface area contributed by atoms with E-state index in [1.807, 2.05) is 24.3 Å². The van der Waals surface area contributed by atoms with Crippen molar-refractivity contribution in [1.82, 2.24) is 5.32 Å². The molecule has 1 aromatic rings. The quantitative estimate of drug-likeness (QED) is 0.714. The molecule has 1 saturated heterocycles. The smallest absolute Gasteiger partial charge is 0.316 e. The Balaban J connectivity index is 2.04. The maximum Gasteiger partial charge on any atom is 0.316 e. The van der Waals surface area contributed by atoms with Crippen LogP contribution in [0.3, 0.4) is 0 Å². The zero-order chi connectivity index (χ0) is 12.3. The van der Waals surface area contributed by atoms with Crippen molar-refractivity contribution in [2.75, 3.05) is 29.9 Å². The molecule has 0 unspecified atom stereocenters. The number of hydrogen-bond donors (Lipinski definition) is 3. The number of carbonyl (C=O) groups excluding carboxylic acids is 1. The molecule has 0 spiro atoms. The van der Waals surface area contributed by atoms with Gasteiger partial charge in [-0.3, -0.25) is 0 Å². The second-order valence-corrected chi connectivity index (χ2v) is 4.34. The highest BCUT2D eigenvalue weighted by molar-refractivity contribution is 5.87. The number of nitrogens with one attached hydrogen (secondary N) is 2. The Morgan fingerprint density at radius 1 is 1.47 bits per heavy atom. The third-order valence-corrected chi connectivity index (χ3v) is 2.87. The lowest BCUT2D eigenvalue weighted by Crippen LogP contribution is -2.49. The first-order valence-corrected chi connectivity index (χ1v) is 5.80. The molecular weight excluding hydrogens is 216 g/mol. The largest absolute Gasteiger partial charge is 0.369 e. The highest BCUT2D eigenvalue weighted by Gasteiger charge is 2.15. The van der Waals surface area contributed by atoms with E-state index in [9.17, 15) is 4.79 Å². The summed E-state index contributed by atoms with van der Waals surface area (Å²) in [5.41, 5.74) is 6.96. The Kier molecular flexibility index (Phi) is 3.49. The lowest BCUT2D eigenvalue weighted by molar-refractivity contribution is 0.259. The van der Waals surface area contributed by atoms with E-state index in [0.29, 0.717) is 6.04 Å². The predicted octanol–water partition coefficient (Wildman–Crippen LogP) is 0.975. The third-order valence-electron chi connectivity index (χ3n) is 2.87. The molecule has 2 rings (SSSR count). The summed E-state index contributed by atoms with van der Waals surface area (Å²) in [6.07, 6.45) is 0. The van der Waals surface area contributed by atoms with Gasteiger partial charge in [-0.15, -0.1) is 0 Å². The van der Waals surface area contributed by atoms with Gasteiger partial charge in [-0.25, -0.2) is 4.79 Å². The maximum absolute atomic E-state index is 10.7. The van der Waals surface area contributed by atoms with E-state index in [4.69, 9.17) is 5.73 Å². The molecule has 1 fully saturated rings. The van der Waals surface area contributed by atoms with Gasteiger partial charge in [-0.1, -0.05) is 0 Å². The van der Waals surface area contributed by atoms with Gasteiger partial charge in [0, 0.05) is 37.1 Å². The Labute approximate surface area is 101 Å². The molecule has 17 heavy (non-hydrogen) atoms. The van der Waals surface area contributed by atoms with Crippen molar-refractivity contribution >= 4 is 17.4 Å². The summed E-state index contributed by atoms with van der Waals surface area (Å²) in [7, 11) is 0. The van der Waals surface area contributed by atoms with Crippen molar-refractivity contribution < 1.29 is 4.79 Å². The van der Waals surface area contributed by atoms with Gasteiger partial charge in [0.25, 0.3) is 0 Å². The number of hydrogen-bond acceptors (Lipinski definition) is 3. The van der Waals surface area contributed by atoms with Crippen LogP contribution in [-0.4, -0.2) is 31.7 Å². The first-order chi connectivity index (χ1) is 8.15. The van der Waals surface area contributed by atoms with Gasteiger partial charge >= 0.3 is 6.03 Å². The molecule has 5 heteroatoms. The summed E-state index contributed by atoms with van der Waals surface area (Å²) in [5, 5.41) is 5.96. The van der Waals surface area contributed by atoms with Crippen LogP contribution in [0, 0.1) is 0 Å². The average Bonchev–Trinajstić information content (AvgIpc) is 2.29. The van der Waals surface area contributed by atoms with Crippen molar-refractivity contribution in [2.24, 2.45) is 5.73 Å². The number of benzene rings is 1. The van der Waals surface area contributed by atoms with Crippen LogP contribution in [0.5, 0.6) is 0 Å². The number of carbonyl (C=O) groups is 1. The maximum atomic E-state index is 10.7.